The van der Waals surface area contributed by atoms with Crippen molar-refractivity contribution in [1.29, 1.82) is 0 Å². The Hall–Kier alpha value is -2.89. The predicted molar refractivity (Wildman–Crippen MR) is 131 cm³/mol. The monoisotopic (exact) mass is 532 g/mol. The molecule has 8 nitrogen and oxygen atoms in total. The van der Waals surface area contributed by atoms with E-state index in [2.05, 4.69) is 21.3 Å². The number of rotatable bonds is 6. The van der Waals surface area contributed by atoms with Crippen LogP contribution in [0.4, 0.5) is 13.2 Å². The molecule has 2 N–H and O–H groups in total. The van der Waals surface area contributed by atoms with Crippen molar-refractivity contribution in [3.8, 4) is 0 Å². The summed E-state index contributed by atoms with van der Waals surface area (Å²) in [5.74, 6) is -0.898. The van der Waals surface area contributed by atoms with Crippen molar-refractivity contribution in [2.45, 2.75) is 56.2 Å². The summed E-state index contributed by atoms with van der Waals surface area (Å²) < 4.78 is 51.7. The smallest absolute Gasteiger partial charge is 0.380 e. The Labute approximate surface area is 218 Å². The van der Waals surface area contributed by atoms with E-state index in [-0.39, 0.29) is 48.9 Å². The van der Waals surface area contributed by atoms with Gasteiger partial charge in [-0.3, -0.25) is 14.5 Å². The molecule has 1 aromatic heterocycles. The van der Waals surface area contributed by atoms with Crippen molar-refractivity contribution >= 4 is 11.8 Å². The van der Waals surface area contributed by atoms with Crippen LogP contribution in [0.5, 0.6) is 0 Å². The fourth-order valence-corrected chi connectivity index (χ4v) is 6.17. The number of amides is 2. The molecule has 3 unspecified atom stereocenters. The maximum Gasteiger partial charge on any atom is 0.416 e. The number of ether oxygens (including phenoxy) is 2. The molecule has 0 saturated carbocycles. The average molecular weight is 533 g/mol. The number of halogens is 3. The van der Waals surface area contributed by atoms with Crippen LogP contribution in [0.15, 0.2) is 30.5 Å². The number of fused-ring (bicyclic) bond motifs is 2. The molecule has 2 saturated heterocycles. The molecule has 11 heteroatoms. The summed E-state index contributed by atoms with van der Waals surface area (Å²) >= 11 is 0. The minimum atomic E-state index is -4.54. The van der Waals surface area contributed by atoms with Crippen molar-refractivity contribution in [2.75, 3.05) is 39.4 Å². The van der Waals surface area contributed by atoms with Gasteiger partial charge in [0.05, 0.1) is 37.0 Å². The number of benzene rings is 1. The first-order valence-corrected chi connectivity index (χ1v) is 13.2. The molecule has 1 aliphatic carbocycles. The topological polar surface area (TPSA) is 86.9 Å². The van der Waals surface area contributed by atoms with Crippen LogP contribution in [0.3, 0.4) is 0 Å². The van der Waals surface area contributed by atoms with Gasteiger partial charge in [0.15, 0.2) is 0 Å². The van der Waals surface area contributed by atoms with Crippen molar-refractivity contribution in [3.05, 3.63) is 58.4 Å². The van der Waals surface area contributed by atoms with E-state index >= 15 is 0 Å². The van der Waals surface area contributed by atoms with Gasteiger partial charge in [-0.2, -0.15) is 13.2 Å². The molecule has 2 aromatic rings. The second kappa shape index (κ2) is 10.0. The Morgan fingerprint density at radius 3 is 2.82 bits per heavy atom. The van der Waals surface area contributed by atoms with Crippen LogP contribution in [-0.2, 0) is 33.3 Å². The molecule has 0 radical (unpaired) electrons. The third-order valence-electron chi connectivity index (χ3n) is 8.21. The van der Waals surface area contributed by atoms with Crippen LogP contribution in [-0.4, -0.2) is 84.2 Å². The van der Waals surface area contributed by atoms with E-state index < -0.39 is 17.6 Å². The van der Waals surface area contributed by atoms with Gasteiger partial charge in [0.2, 0.25) is 5.91 Å². The summed E-state index contributed by atoms with van der Waals surface area (Å²) in [6.07, 6.45) is 0.245. The Morgan fingerprint density at radius 2 is 2.03 bits per heavy atom. The largest absolute Gasteiger partial charge is 0.416 e. The van der Waals surface area contributed by atoms with Crippen LogP contribution >= 0.6 is 0 Å². The number of carbonyl (C=O) groups excluding carboxylic acids is 2. The second-order valence-electron chi connectivity index (χ2n) is 10.6. The van der Waals surface area contributed by atoms with Gasteiger partial charge in [-0.1, -0.05) is 6.07 Å². The number of likely N-dealkylation sites (tertiary alicyclic amines) is 1. The first-order valence-electron chi connectivity index (χ1n) is 13.2. The molecule has 3 aliphatic heterocycles. The minimum absolute atomic E-state index is 0.0105. The van der Waals surface area contributed by atoms with Crippen LogP contribution in [0.25, 0.3) is 0 Å². The first-order chi connectivity index (χ1) is 18.3. The molecule has 2 fully saturated rings. The number of aryl methyl sites for hydroxylation is 1. The van der Waals surface area contributed by atoms with Crippen LogP contribution in [0, 0.1) is 0 Å². The summed E-state index contributed by atoms with van der Waals surface area (Å²) in [5.41, 5.74) is 2.06. The van der Waals surface area contributed by atoms with Crippen molar-refractivity contribution < 1.29 is 32.2 Å². The van der Waals surface area contributed by atoms with Crippen LogP contribution in [0.2, 0.25) is 0 Å². The SMILES string of the molecule is O=C(CN1CCc2ccc(C(F)(F)F)cc2C1=O)NC1CN(C2CCOC2)C[C@@H]1OC1CCc2cc[nH]c21. The molecule has 4 atom stereocenters. The average Bonchev–Trinajstić information content (AvgIpc) is 3.67. The van der Waals surface area contributed by atoms with Gasteiger partial charge in [-0.15, -0.1) is 0 Å². The first kappa shape index (κ1) is 25.4. The molecule has 0 bridgehead atoms. The minimum Gasteiger partial charge on any atom is -0.380 e. The lowest BCUT2D eigenvalue weighted by Crippen LogP contribution is -2.50. The molecule has 204 valence electrons. The number of aromatic nitrogens is 1. The highest BCUT2D eigenvalue weighted by Gasteiger charge is 2.41. The zero-order valence-corrected chi connectivity index (χ0v) is 20.9. The maximum absolute atomic E-state index is 13.2. The van der Waals surface area contributed by atoms with E-state index in [0.717, 1.165) is 37.1 Å². The Morgan fingerprint density at radius 1 is 1.16 bits per heavy atom. The van der Waals surface area contributed by atoms with E-state index in [9.17, 15) is 22.8 Å². The molecule has 4 aliphatic rings. The standard InChI is InChI=1S/C27H31F3N4O4/c28-27(29,30)18-3-1-16-6-9-33(26(36)20(16)11-18)14-24(35)32-21-12-34(19-7-10-37-15-19)13-23(21)38-22-4-2-17-5-8-31-25(17)22/h1,3,5,8,11,19,21-23,31H,2,4,6-7,9-10,12-15H2,(H,32,35)/t19?,21?,22?,23-/m0/s1. The van der Waals surface area contributed by atoms with Gasteiger partial charge in [0, 0.05) is 49.7 Å². The molecule has 6 rings (SSSR count). The molecular formula is C27H31F3N4O4. The third-order valence-corrected chi connectivity index (χ3v) is 8.21. The molecular weight excluding hydrogens is 501 g/mol. The van der Waals surface area contributed by atoms with Gasteiger partial charge in [-0.05, 0) is 55.0 Å². The maximum atomic E-state index is 13.2. The highest BCUT2D eigenvalue weighted by Crippen LogP contribution is 2.36. The van der Waals surface area contributed by atoms with Crippen LogP contribution in [0.1, 0.15) is 51.7 Å². The fourth-order valence-electron chi connectivity index (χ4n) is 6.17. The summed E-state index contributed by atoms with van der Waals surface area (Å²) in [5, 5.41) is 3.07. The summed E-state index contributed by atoms with van der Waals surface area (Å²) in [4.78, 5) is 33.0. The molecule has 2 amide bonds. The number of nitrogens with one attached hydrogen (secondary N) is 2. The quantitative estimate of drug-likeness (QED) is 0.598. The predicted octanol–water partition coefficient (Wildman–Crippen LogP) is 2.69. The zero-order chi connectivity index (χ0) is 26.4. The highest BCUT2D eigenvalue weighted by atomic mass is 19.4. The van der Waals surface area contributed by atoms with Crippen LogP contribution < -0.4 is 5.32 Å². The van der Waals surface area contributed by atoms with E-state index in [1.165, 1.54) is 16.5 Å². The van der Waals surface area contributed by atoms with Gasteiger partial charge in [0.1, 0.15) is 0 Å². The molecule has 1 aromatic carbocycles. The lowest BCUT2D eigenvalue weighted by molar-refractivity contribution is -0.137. The summed E-state index contributed by atoms with van der Waals surface area (Å²) in [6, 6.07) is 5.31. The van der Waals surface area contributed by atoms with Gasteiger partial charge in [-0.25, -0.2) is 0 Å². The molecule has 38 heavy (non-hydrogen) atoms. The number of hydrogen-bond donors (Lipinski definition) is 2. The van der Waals surface area contributed by atoms with Gasteiger partial charge < -0.3 is 24.7 Å². The summed E-state index contributed by atoms with van der Waals surface area (Å²) in [7, 11) is 0. The zero-order valence-electron chi connectivity index (χ0n) is 20.9. The number of alkyl halides is 3. The Balaban J connectivity index is 1.13. The Bertz CT molecular complexity index is 1210. The van der Waals surface area contributed by atoms with E-state index in [1.807, 2.05) is 6.20 Å². The van der Waals surface area contributed by atoms with Crippen molar-refractivity contribution in [2.24, 2.45) is 0 Å². The lowest BCUT2D eigenvalue weighted by atomic mass is 9.96. The van der Waals surface area contributed by atoms with E-state index in [0.29, 0.717) is 38.3 Å². The van der Waals surface area contributed by atoms with E-state index in [1.54, 1.807) is 0 Å². The number of H-pyrrole nitrogens is 1. The highest BCUT2D eigenvalue weighted by molar-refractivity contribution is 5.99. The number of aromatic amines is 1. The summed E-state index contributed by atoms with van der Waals surface area (Å²) in [6.45, 7) is 2.71. The van der Waals surface area contributed by atoms with Gasteiger partial charge >= 0.3 is 6.18 Å². The number of hydrogen-bond acceptors (Lipinski definition) is 5. The van der Waals surface area contributed by atoms with E-state index in [4.69, 9.17) is 9.47 Å². The normalized spacial score (nSPS) is 27.6. The number of nitrogens with zero attached hydrogens (tertiary/aromatic N) is 2. The fraction of sp³-hybridized carbons (Fsp3) is 0.556. The number of carbonyl (C=O) groups is 2. The van der Waals surface area contributed by atoms with Gasteiger partial charge in [0.25, 0.3) is 5.91 Å². The Kier molecular flexibility index (Phi) is 6.69. The third kappa shape index (κ3) is 4.94. The van der Waals surface area contributed by atoms with Crippen molar-refractivity contribution in [1.82, 2.24) is 20.1 Å². The molecule has 4 heterocycles. The van der Waals surface area contributed by atoms with Crippen molar-refractivity contribution in [3.63, 3.8) is 0 Å². The molecule has 0 spiro atoms. The second-order valence-corrected chi connectivity index (χ2v) is 10.6. The lowest BCUT2D eigenvalue weighted by Gasteiger charge is -2.30.